The van der Waals surface area contributed by atoms with E-state index in [1.54, 1.807) is 7.11 Å². The van der Waals surface area contributed by atoms with E-state index in [9.17, 15) is 4.79 Å². The maximum Gasteiger partial charge on any atom is 0.164 e. The minimum atomic E-state index is 0.174. The molecule has 4 rings (SSSR count). The average molecular weight is 431 g/mol. The summed E-state index contributed by atoms with van der Waals surface area (Å²) in [5.41, 5.74) is 2.09. The number of carbonyl (C=O) groups is 1. The topological polar surface area (TPSA) is 42.0 Å². The summed E-state index contributed by atoms with van der Waals surface area (Å²) in [6.45, 7) is 5.91. The maximum absolute atomic E-state index is 12.6. The predicted octanol–water partition coefficient (Wildman–Crippen LogP) is 4.88. The Bertz CT molecular complexity index is 980. The molecule has 0 unspecified atom stereocenters. The van der Waals surface area contributed by atoms with Crippen LogP contribution in [-0.2, 0) is 6.54 Å². The minimum Gasteiger partial charge on any atom is -0.497 e. The molecule has 1 saturated heterocycles. The summed E-state index contributed by atoms with van der Waals surface area (Å²) >= 11 is 0. The lowest BCUT2D eigenvalue weighted by molar-refractivity contribution is 0.0922. The smallest absolute Gasteiger partial charge is 0.164 e. The fourth-order valence-corrected chi connectivity index (χ4v) is 3.91. The van der Waals surface area contributed by atoms with Crippen LogP contribution >= 0.6 is 0 Å². The molecule has 0 bridgehead atoms. The zero-order chi connectivity index (χ0) is 22.2. The Labute approximate surface area is 190 Å². The number of methoxy groups -OCH3 is 1. The quantitative estimate of drug-likeness (QED) is 0.453. The van der Waals surface area contributed by atoms with E-state index in [0.29, 0.717) is 12.2 Å². The summed E-state index contributed by atoms with van der Waals surface area (Å²) in [5.74, 6) is 2.40. The Balaban J connectivity index is 1.20. The maximum atomic E-state index is 12.6. The van der Waals surface area contributed by atoms with Crippen LogP contribution in [0.4, 0.5) is 0 Å². The minimum absolute atomic E-state index is 0.174. The van der Waals surface area contributed by atoms with Crippen molar-refractivity contribution in [2.75, 3.05) is 39.8 Å². The van der Waals surface area contributed by atoms with Crippen LogP contribution in [0.15, 0.2) is 78.9 Å². The zero-order valence-electron chi connectivity index (χ0n) is 18.6. The first-order valence-electron chi connectivity index (χ1n) is 11.1. The number of hydrogen-bond donors (Lipinski definition) is 0. The molecule has 1 fully saturated rings. The van der Waals surface area contributed by atoms with Crippen LogP contribution in [-0.4, -0.2) is 55.4 Å². The fraction of sp³-hybridized carbons (Fsp3) is 0.296. The highest BCUT2D eigenvalue weighted by Gasteiger charge is 2.18. The highest BCUT2D eigenvalue weighted by molar-refractivity contribution is 5.96. The SMILES string of the molecule is COc1ccc(Oc2ccc(C(=O)CCN3CCN(Cc4ccccc4)CC3)cc2)cc1. The highest BCUT2D eigenvalue weighted by Crippen LogP contribution is 2.24. The van der Waals surface area contributed by atoms with Gasteiger partial charge in [0.25, 0.3) is 0 Å². The molecule has 5 heteroatoms. The number of benzene rings is 3. The van der Waals surface area contributed by atoms with Crippen molar-refractivity contribution in [3.63, 3.8) is 0 Å². The number of ether oxygens (including phenoxy) is 2. The molecule has 1 heterocycles. The second-order valence-corrected chi connectivity index (χ2v) is 8.08. The second-order valence-electron chi connectivity index (χ2n) is 8.08. The van der Waals surface area contributed by atoms with Crippen LogP contribution in [0.3, 0.4) is 0 Å². The summed E-state index contributed by atoms with van der Waals surface area (Å²) in [6.07, 6.45) is 0.539. The van der Waals surface area contributed by atoms with E-state index < -0.39 is 0 Å². The van der Waals surface area contributed by atoms with Gasteiger partial charge in [0, 0.05) is 51.3 Å². The van der Waals surface area contributed by atoms with E-state index in [0.717, 1.165) is 56.3 Å². The van der Waals surface area contributed by atoms with Crippen LogP contribution in [0.2, 0.25) is 0 Å². The number of nitrogens with zero attached hydrogens (tertiary/aromatic N) is 2. The van der Waals surface area contributed by atoms with Crippen molar-refractivity contribution < 1.29 is 14.3 Å². The van der Waals surface area contributed by atoms with E-state index in [4.69, 9.17) is 9.47 Å². The molecule has 0 spiro atoms. The van der Waals surface area contributed by atoms with Crippen molar-refractivity contribution in [2.24, 2.45) is 0 Å². The predicted molar refractivity (Wildman–Crippen MR) is 127 cm³/mol. The lowest BCUT2D eigenvalue weighted by atomic mass is 10.1. The molecule has 166 valence electrons. The van der Waals surface area contributed by atoms with Gasteiger partial charge in [0.2, 0.25) is 0 Å². The average Bonchev–Trinajstić information content (AvgIpc) is 2.85. The third-order valence-electron chi connectivity index (χ3n) is 5.84. The Morgan fingerprint density at radius 2 is 1.31 bits per heavy atom. The Morgan fingerprint density at radius 3 is 1.94 bits per heavy atom. The van der Waals surface area contributed by atoms with Gasteiger partial charge in [0.05, 0.1) is 7.11 Å². The van der Waals surface area contributed by atoms with E-state index in [-0.39, 0.29) is 5.78 Å². The molecular weight excluding hydrogens is 400 g/mol. The van der Waals surface area contributed by atoms with Crippen LogP contribution in [0.1, 0.15) is 22.3 Å². The van der Waals surface area contributed by atoms with Crippen LogP contribution in [0.25, 0.3) is 0 Å². The summed E-state index contributed by atoms with van der Waals surface area (Å²) in [5, 5.41) is 0. The lowest BCUT2D eigenvalue weighted by Gasteiger charge is -2.34. The summed E-state index contributed by atoms with van der Waals surface area (Å²) in [4.78, 5) is 17.5. The Hall–Kier alpha value is -3.15. The molecule has 0 saturated carbocycles. The summed E-state index contributed by atoms with van der Waals surface area (Å²) < 4.78 is 11.0. The van der Waals surface area contributed by atoms with Gasteiger partial charge in [-0.25, -0.2) is 0 Å². The standard InChI is InChI=1S/C27H30N2O3/c1-31-24-11-13-26(14-12-24)32-25-9-7-23(8-10-25)27(30)15-16-28-17-19-29(20-18-28)21-22-5-3-2-4-6-22/h2-14H,15-21H2,1H3. The van der Waals surface area contributed by atoms with Crippen molar-refractivity contribution in [2.45, 2.75) is 13.0 Å². The molecule has 0 atom stereocenters. The molecule has 3 aromatic carbocycles. The first-order valence-corrected chi connectivity index (χ1v) is 11.1. The van der Waals surface area contributed by atoms with Crippen molar-refractivity contribution in [1.29, 1.82) is 0 Å². The van der Waals surface area contributed by atoms with Crippen molar-refractivity contribution in [1.82, 2.24) is 9.80 Å². The summed E-state index contributed by atoms with van der Waals surface area (Å²) in [7, 11) is 1.64. The fourth-order valence-electron chi connectivity index (χ4n) is 3.91. The van der Waals surface area contributed by atoms with E-state index in [1.807, 2.05) is 48.5 Å². The largest absolute Gasteiger partial charge is 0.497 e. The Morgan fingerprint density at radius 1 is 0.750 bits per heavy atom. The van der Waals surface area contributed by atoms with Crippen LogP contribution in [0.5, 0.6) is 17.2 Å². The molecule has 0 amide bonds. The summed E-state index contributed by atoms with van der Waals surface area (Å²) in [6, 6.07) is 25.4. The molecule has 3 aromatic rings. The molecular formula is C27H30N2O3. The van der Waals surface area contributed by atoms with Gasteiger partial charge in [0.1, 0.15) is 17.2 Å². The molecule has 0 radical (unpaired) electrons. The van der Waals surface area contributed by atoms with E-state index in [2.05, 4.69) is 40.1 Å². The number of rotatable bonds is 9. The molecule has 1 aliphatic heterocycles. The monoisotopic (exact) mass is 430 g/mol. The number of piperazine rings is 1. The number of Topliss-reactive ketones (excluding diaryl/α,β-unsaturated/α-hetero) is 1. The third kappa shape index (κ3) is 6.19. The first kappa shape index (κ1) is 22.1. The number of hydrogen-bond acceptors (Lipinski definition) is 5. The second kappa shape index (κ2) is 10.9. The normalized spacial score (nSPS) is 14.8. The molecule has 5 nitrogen and oxygen atoms in total. The number of ketones is 1. The molecule has 0 aliphatic carbocycles. The van der Waals surface area contributed by atoms with Gasteiger partial charge in [-0.2, -0.15) is 0 Å². The molecule has 0 aromatic heterocycles. The Kier molecular flexibility index (Phi) is 7.54. The van der Waals surface area contributed by atoms with Gasteiger partial charge >= 0.3 is 0 Å². The molecule has 1 aliphatic rings. The van der Waals surface area contributed by atoms with Gasteiger partial charge in [-0.05, 0) is 54.1 Å². The first-order chi connectivity index (χ1) is 15.7. The van der Waals surface area contributed by atoms with E-state index >= 15 is 0 Å². The third-order valence-corrected chi connectivity index (χ3v) is 5.84. The molecule has 0 N–H and O–H groups in total. The number of carbonyl (C=O) groups excluding carboxylic acids is 1. The molecule has 32 heavy (non-hydrogen) atoms. The lowest BCUT2D eigenvalue weighted by Crippen LogP contribution is -2.46. The van der Waals surface area contributed by atoms with Gasteiger partial charge < -0.3 is 14.4 Å². The van der Waals surface area contributed by atoms with E-state index in [1.165, 1.54) is 5.56 Å². The highest BCUT2D eigenvalue weighted by atomic mass is 16.5. The van der Waals surface area contributed by atoms with Crippen molar-refractivity contribution in [3.05, 3.63) is 90.0 Å². The van der Waals surface area contributed by atoms with Crippen LogP contribution < -0.4 is 9.47 Å². The van der Waals surface area contributed by atoms with Crippen molar-refractivity contribution >= 4 is 5.78 Å². The van der Waals surface area contributed by atoms with Crippen molar-refractivity contribution in [3.8, 4) is 17.2 Å². The van der Waals surface area contributed by atoms with Gasteiger partial charge in [-0.15, -0.1) is 0 Å². The van der Waals surface area contributed by atoms with Gasteiger partial charge in [-0.1, -0.05) is 30.3 Å². The zero-order valence-corrected chi connectivity index (χ0v) is 18.6. The van der Waals surface area contributed by atoms with Crippen LogP contribution in [0, 0.1) is 0 Å². The van der Waals surface area contributed by atoms with Gasteiger partial charge in [-0.3, -0.25) is 9.69 Å². The van der Waals surface area contributed by atoms with Gasteiger partial charge in [0.15, 0.2) is 5.78 Å².